The number of hydrogen-bond donors (Lipinski definition) is 1. The number of thioether (sulfide) groups is 1. The van der Waals surface area contributed by atoms with E-state index in [0.29, 0.717) is 12.3 Å². The number of carbonyl (C=O) groups is 2. The highest BCUT2D eigenvalue weighted by Gasteiger charge is 2.28. The van der Waals surface area contributed by atoms with Crippen molar-refractivity contribution in [2.24, 2.45) is 0 Å². The molecule has 0 unspecified atom stereocenters. The molecule has 0 bridgehead atoms. The van der Waals surface area contributed by atoms with E-state index >= 15 is 0 Å². The van der Waals surface area contributed by atoms with Gasteiger partial charge in [0.15, 0.2) is 0 Å². The Morgan fingerprint density at radius 3 is 2.34 bits per heavy atom. The van der Waals surface area contributed by atoms with Crippen LogP contribution in [-0.2, 0) is 21.9 Å². The normalized spacial score (nSPS) is 14.7. The average Bonchev–Trinajstić information content (AvgIpc) is 3.31. The van der Waals surface area contributed by atoms with Gasteiger partial charge in [-0.25, -0.2) is 4.39 Å². The Morgan fingerprint density at radius 2 is 1.72 bits per heavy atom. The second-order valence-electron chi connectivity index (χ2n) is 8.15. The molecule has 1 fully saturated rings. The second kappa shape index (κ2) is 11.9. The maximum absolute atomic E-state index is 13.1. The lowest BCUT2D eigenvalue weighted by molar-refractivity contribution is -0.138. The first kappa shape index (κ1) is 24.1. The first-order valence-electron chi connectivity index (χ1n) is 11.0. The lowest BCUT2D eigenvalue weighted by atomic mass is 10.1. The van der Waals surface area contributed by atoms with E-state index < -0.39 is 6.04 Å². The van der Waals surface area contributed by atoms with Crippen molar-refractivity contribution in [3.63, 3.8) is 0 Å². The Kier molecular flexibility index (Phi) is 8.97. The van der Waals surface area contributed by atoms with Crippen LogP contribution in [0.25, 0.3) is 0 Å². The second-order valence-corrected chi connectivity index (χ2v) is 9.14. The van der Waals surface area contributed by atoms with Crippen molar-refractivity contribution in [1.82, 2.24) is 10.2 Å². The number of hydrogen-bond acceptors (Lipinski definition) is 4. The molecule has 0 aliphatic heterocycles. The van der Waals surface area contributed by atoms with Gasteiger partial charge in [0.25, 0.3) is 0 Å². The number of ether oxygens (including phenoxy) is 1. The van der Waals surface area contributed by atoms with E-state index in [1.807, 2.05) is 24.3 Å². The third-order valence-corrected chi connectivity index (χ3v) is 6.78. The van der Waals surface area contributed by atoms with Gasteiger partial charge < -0.3 is 15.0 Å². The van der Waals surface area contributed by atoms with Crippen LogP contribution in [0.1, 0.15) is 43.7 Å². The fourth-order valence-corrected chi connectivity index (χ4v) is 4.69. The predicted octanol–water partition coefficient (Wildman–Crippen LogP) is 4.54. The zero-order valence-corrected chi connectivity index (χ0v) is 19.5. The summed E-state index contributed by atoms with van der Waals surface area (Å²) in [4.78, 5) is 27.7. The molecule has 5 nitrogen and oxygen atoms in total. The van der Waals surface area contributed by atoms with Crippen LogP contribution in [0.4, 0.5) is 4.39 Å². The van der Waals surface area contributed by atoms with Crippen molar-refractivity contribution >= 4 is 23.6 Å². The molecule has 0 saturated heterocycles. The zero-order chi connectivity index (χ0) is 22.9. The van der Waals surface area contributed by atoms with Crippen molar-refractivity contribution in [2.75, 3.05) is 12.9 Å². The Bertz CT molecular complexity index is 883. The van der Waals surface area contributed by atoms with Crippen molar-refractivity contribution in [3.8, 4) is 5.75 Å². The molecule has 7 heteroatoms. The van der Waals surface area contributed by atoms with Crippen LogP contribution in [0.2, 0.25) is 0 Å². The molecule has 2 aromatic carbocycles. The molecule has 32 heavy (non-hydrogen) atoms. The zero-order valence-electron chi connectivity index (χ0n) is 18.7. The molecule has 0 aromatic heterocycles. The Balaban J connectivity index is 1.65. The third kappa shape index (κ3) is 6.99. The van der Waals surface area contributed by atoms with Crippen LogP contribution < -0.4 is 10.1 Å². The van der Waals surface area contributed by atoms with Crippen LogP contribution in [-0.4, -0.2) is 41.7 Å². The molecular formula is C25H31FN2O3S. The van der Waals surface area contributed by atoms with Gasteiger partial charge in [0.2, 0.25) is 11.8 Å². The summed E-state index contributed by atoms with van der Waals surface area (Å²) in [7, 11) is 1.61. The number of methoxy groups -OCH3 is 1. The minimum Gasteiger partial charge on any atom is -0.497 e. The molecule has 0 spiro atoms. The van der Waals surface area contributed by atoms with Gasteiger partial charge in [0, 0.05) is 18.3 Å². The van der Waals surface area contributed by atoms with Gasteiger partial charge in [0.1, 0.15) is 17.6 Å². The predicted molar refractivity (Wildman–Crippen MR) is 126 cm³/mol. The van der Waals surface area contributed by atoms with Gasteiger partial charge in [-0.05, 0) is 55.2 Å². The number of nitrogens with one attached hydrogen (secondary N) is 1. The summed E-state index contributed by atoms with van der Waals surface area (Å²) in [6.07, 6.45) is 4.26. The van der Waals surface area contributed by atoms with Crippen LogP contribution >= 0.6 is 11.8 Å². The number of halogens is 1. The molecule has 2 amide bonds. The molecule has 172 valence electrons. The summed E-state index contributed by atoms with van der Waals surface area (Å²) in [5, 5.41) is 3.11. The minimum absolute atomic E-state index is 0.0954. The minimum atomic E-state index is -0.573. The number of amides is 2. The summed E-state index contributed by atoms with van der Waals surface area (Å²) in [5.41, 5.74) is 1.89. The molecule has 2 aromatic rings. The molecular weight excluding hydrogens is 427 g/mol. The Hall–Kier alpha value is -2.54. The van der Waals surface area contributed by atoms with Gasteiger partial charge in [-0.1, -0.05) is 37.1 Å². The van der Waals surface area contributed by atoms with E-state index in [4.69, 9.17) is 4.74 Å². The quantitative estimate of drug-likeness (QED) is 0.568. The number of benzene rings is 2. The van der Waals surface area contributed by atoms with Gasteiger partial charge in [0.05, 0.1) is 12.9 Å². The fraction of sp³-hybridized carbons (Fsp3) is 0.440. The highest BCUT2D eigenvalue weighted by atomic mass is 32.2. The van der Waals surface area contributed by atoms with Gasteiger partial charge in [-0.2, -0.15) is 0 Å². The largest absolute Gasteiger partial charge is 0.497 e. The standard InChI is InChI=1S/C25H31FN2O3S/c1-18(25(30)27-22-5-3-4-6-22)28(15-19-9-13-23(31-2)14-10-19)24(29)17-32-16-20-7-11-21(26)12-8-20/h7-14,18,22H,3-6,15-17H2,1-2H3,(H,27,30)/t18-/m0/s1. The van der Waals surface area contributed by atoms with Crippen molar-refractivity contribution in [1.29, 1.82) is 0 Å². The van der Waals surface area contributed by atoms with E-state index in [2.05, 4.69) is 5.32 Å². The van der Waals surface area contributed by atoms with Gasteiger partial charge in [-0.15, -0.1) is 11.8 Å². The molecule has 1 atom stereocenters. The van der Waals surface area contributed by atoms with E-state index in [1.165, 1.54) is 23.9 Å². The van der Waals surface area contributed by atoms with Crippen molar-refractivity contribution in [2.45, 2.75) is 57.0 Å². The first-order valence-corrected chi connectivity index (χ1v) is 12.2. The Morgan fingerprint density at radius 1 is 1.09 bits per heavy atom. The van der Waals surface area contributed by atoms with Gasteiger partial charge >= 0.3 is 0 Å². The van der Waals surface area contributed by atoms with E-state index in [1.54, 1.807) is 31.1 Å². The number of nitrogens with zero attached hydrogens (tertiary/aromatic N) is 1. The smallest absolute Gasteiger partial charge is 0.242 e. The lowest BCUT2D eigenvalue weighted by Crippen LogP contribution is -2.50. The van der Waals surface area contributed by atoms with Crippen LogP contribution in [0.5, 0.6) is 5.75 Å². The molecule has 3 rings (SSSR count). The molecule has 1 aliphatic rings. The molecule has 0 heterocycles. The van der Waals surface area contributed by atoms with Crippen LogP contribution in [0.15, 0.2) is 48.5 Å². The summed E-state index contributed by atoms with van der Waals surface area (Å²) in [6, 6.07) is 13.4. The molecule has 1 aliphatic carbocycles. The summed E-state index contributed by atoms with van der Waals surface area (Å²) in [6.45, 7) is 2.13. The first-order chi connectivity index (χ1) is 15.5. The molecule has 1 N–H and O–H groups in total. The average molecular weight is 459 g/mol. The van der Waals surface area contributed by atoms with Crippen molar-refractivity contribution < 1.29 is 18.7 Å². The van der Waals surface area contributed by atoms with E-state index in [9.17, 15) is 14.0 Å². The maximum Gasteiger partial charge on any atom is 0.242 e. The molecule has 1 saturated carbocycles. The third-order valence-electron chi connectivity index (χ3n) is 5.79. The summed E-state index contributed by atoms with van der Waals surface area (Å²) < 4.78 is 18.3. The van der Waals surface area contributed by atoms with E-state index in [0.717, 1.165) is 42.6 Å². The lowest BCUT2D eigenvalue weighted by Gasteiger charge is -2.29. The topological polar surface area (TPSA) is 58.6 Å². The van der Waals surface area contributed by atoms with Crippen molar-refractivity contribution in [3.05, 3.63) is 65.5 Å². The highest BCUT2D eigenvalue weighted by molar-refractivity contribution is 7.99. The van der Waals surface area contributed by atoms with E-state index in [-0.39, 0.29) is 29.4 Å². The fourth-order valence-electron chi connectivity index (χ4n) is 3.82. The number of rotatable bonds is 10. The van der Waals surface area contributed by atoms with Gasteiger partial charge in [-0.3, -0.25) is 9.59 Å². The monoisotopic (exact) mass is 458 g/mol. The highest BCUT2D eigenvalue weighted by Crippen LogP contribution is 2.20. The van der Waals surface area contributed by atoms with Crippen LogP contribution in [0.3, 0.4) is 0 Å². The number of carbonyl (C=O) groups excluding carboxylic acids is 2. The Labute approximate surface area is 193 Å². The molecule has 0 radical (unpaired) electrons. The SMILES string of the molecule is COc1ccc(CN(C(=O)CSCc2ccc(F)cc2)[C@@H](C)C(=O)NC2CCCC2)cc1. The van der Waals surface area contributed by atoms with Crippen LogP contribution in [0, 0.1) is 5.82 Å². The summed E-state index contributed by atoms with van der Waals surface area (Å²) in [5.74, 6) is 1.11. The maximum atomic E-state index is 13.1. The summed E-state index contributed by atoms with van der Waals surface area (Å²) >= 11 is 1.46.